The first-order valence-corrected chi connectivity index (χ1v) is 6.35. The predicted octanol–water partition coefficient (Wildman–Crippen LogP) is 4.19. The SMILES string of the molecule is CCCCC(Nc1c(Cl)cc(F)cc1Cl)C(=O)O. The van der Waals surface area contributed by atoms with Crippen molar-refractivity contribution in [3.8, 4) is 0 Å². The van der Waals surface area contributed by atoms with Crippen LogP contribution in [-0.2, 0) is 4.79 Å². The molecule has 0 aliphatic carbocycles. The fraction of sp³-hybridized carbons (Fsp3) is 0.417. The van der Waals surface area contributed by atoms with Crippen LogP contribution >= 0.6 is 23.2 Å². The first-order chi connectivity index (χ1) is 8.45. The van der Waals surface area contributed by atoms with Crippen LogP contribution in [-0.4, -0.2) is 17.1 Å². The van der Waals surface area contributed by atoms with E-state index in [1.165, 1.54) is 0 Å². The summed E-state index contributed by atoms with van der Waals surface area (Å²) in [5.74, 6) is -1.55. The van der Waals surface area contributed by atoms with Gasteiger partial charge >= 0.3 is 5.97 Å². The molecule has 100 valence electrons. The summed E-state index contributed by atoms with van der Waals surface area (Å²) >= 11 is 11.7. The van der Waals surface area contributed by atoms with Crippen molar-refractivity contribution >= 4 is 34.9 Å². The van der Waals surface area contributed by atoms with E-state index in [1.54, 1.807) is 0 Å². The van der Waals surface area contributed by atoms with E-state index in [9.17, 15) is 9.18 Å². The molecule has 0 radical (unpaired) electrons. The molecule has 0 aliphatic heterocycles. The van der Waals surface area contributed by atoms with E-state index in [4.69, 9.17) is 28.3 Å². The monoisotopic (exact) mass is 293 g/mol. The lowest BCUT2D eigenvalue weighted by Crippen LogP contribution is -2.29. The highest BCUT2D eigenvalue weighted by molar-refractivity contribution is 6.39. The number of carboxylic acid groups (broad SMARTS) is 1. The van der Waals surface area contributed by atoms with Crippen LogP contribution in [0, 0.1) is 5.82 Å². The third-order valence-corrected chi connectivity index (χ3v) is 3.07. The summed E-state index contributed by atoms with van der Waals surface area (Å²) in [6, 6.07) is 1.40. The normalized spacial score (nSPS) is 12.2. The number of hydrogen-bond acceptors (Lipinski definition) is 2. The summed E-state index contributed by atoms with van der Waals surface area (Å²) in [6.45, 7) is 1.97. The van der Waals surface area contributed by atoms with Crippen molar-refractivity contribution in [2.45, 2.75) is 32.2 Å². The molecule has 1 rings (SSSR count). The second kappa shape index (κ2) is 6.81. The van der Waals surface area contributed by atoms with Crippen molar-refractivity contribution < 1.29 is 14.3 Å². The van der Waals surface area contributed by atoms with E-state index in [2.05, 4.69) is 5.32 Å². The van der Waals surface area contributed by atoms with Gasteiger partial charge in [0.2, 0.25) is 0 Å². The number of carboxylic acids is 1. The molecule has 0 fully saturated rings. The maximum atomic E-state index is 13.0. The van der Waals surface area contributed by atoms with Crippen molar-refractivity contribution in [3.63, 3.8) is 0 Å². The van der Waals surface area contributed by atoms with E-state index < -0.39 is 17.8 Å². The highest BCUT2D eigenvalue weighted by Crippen LogP contribution is 2.32. The number of unbranched alkanes of at least 4 members (excludes halogenated alkanes) is 1. The zero-order chi connectivity index (χ0) is 13.7. The lowest BCUT2D eigenvalue weighted by atomic mass is 10.1. The third-order valence-electron chi connectivity index (χ3n) is 2.47. The quantitative estimate of drug-likeness (QED) is 0.827. The van der Waals surface area contributed by atoms with Gasteiger partial charge in [0.1, 0.15) is 11.9 Å². The van der Waals surface area contributed by atoms with Crippen LogP contribution in [0.4, 0.5) is 10.1 Å². The van der Waals surface area contributed by atoms with E-state index >= 15 is 0 Å². The summed E-state index contributed by atoms with van der Waals surface area (Å²) in [6.07, 6.45) is 2.10. The Kier molecular flexibility index (Phi) is 5.69. The minimum Gasteiger partial charge on any atom is -0.480 e. The highest BCUT2D eigenvalue weighted by atomic mass is 35.5. The molecule has 1 aromatic rings. The Balaban J connectivity index is 2.90. The Hall–Kier alpha value is -1.00. The molecular weight excluding hydrogens is 280 g/mol. The van der Waals surface area contributed by atoms with Crippen molar-refractivity contribution in [1.82, 2.24) is 0 Å². The maximum absolute atomic E-state index is 13.0. The molecule has 3 nitrogen and oxygen atoms in total. The molecule has 0 aliphatic rings. The number of aliphatic carboxylic acids is 1. The van der Waals surface area contributed by atoms with Gasteiger partial charge in [-0.2, -0.15) is 0 Å². The van der Waals surface area contributed by atoms with Crippen LogP contribution in [0.1, 0.15) is 26.2 Å². The molecule has 0 aromatic heterocycles. The van der Waals surface area contributed by atoms with E-state index in [0.717, 1.165) is 25.0 Å². The molecule has 6 heteroatoms. The lowest BCUT2D eigenvalue weighted by Gasteiger charge is -2.17. The minimum atomic E-state index is -0.986. The zero-order valence-corrected chi connectivity index (χ0v) is 11.4. The maximum Gasteiger partial charge on any atom is 0.326 e. The number of rotatable bonds is 6. The van der Waals surface area contributed by atoms with Crippen molar-refractivity contribution in [1.29, 1.82) is 0 Å². The number of nitrogens with one attached hydrogen (secondary N) is 1. The molecule has 0 heterocycles. The number of hydrogen-bond donors (Lipinski definition) is 2. The van der Waals surface area contributed by atoms with Gasteiger partial charge in [0.15, 0.2) is 0 Å². The van der Waals surface area contributed by atoms with Crippen LogP contribution in [0.5, 0.6) is 0 Å². The van der Waals surface area contributed by atoms with Gasteiger partial charge in [-0.15, -0.1) is 0 Å². The van der Waals surface area contributed by atoms with Crippen molar-refractivity contribution in [2.24, 2.45) is 0 Å². The molecular formula is C12H14Cl2FNO2. The number of halogens is 3. The Morgan fingerprint density at radius 1 is 1.44 bits per heavy atom. The molecule has 1 unspecified atom stereocenters. The highest BCUT2D eigenvalue weighted by Gasteiger charge is 2.19. The number of anilines is 1. The summed E-state index contributed by atoms with van der Waals surface area (Å²) in [4.78, 5) is 11.1. The fourth-order valence-corrected chi connectivity index (χ4v) is 2.09. The summed E-state index contributed by atoms with van der Waals surface area (Å²) < 4.78 is 13.0. The van der Waals surface area contributed by atoms with Gasteiger partial charge < -0.3 is 10.4 Å². The Labute approximate surface area is 115 Å². The first-order valence-electron chi connectivity index (χ1n) is 5.59. The van der Waals surface area contributed by atoms with Crippen LogP contribution < -0.4 is 5.32 Å². The average molecular weight is 294 g/mol. The Morgan fingerprint density at radius 3 is 2.44 bits per heavy atom. The van der Waals surface area contributed by atoms with Gasteiger partial charge in [-0.25, -0.2) is 9.18 Å². The van der Waals surface area contributed by atoms with Gasteiger partial charge in [-0.3, -0.25) is 0 Å². The molecule has 0 saturated carbocycles. The molecule has 0 saturated heterocycles. The third kappa shape index (κ3) is 4.03. The molecule has 0 spiro atoms. The molecule has 0 bridgehead atoms. The van der Waals surface area contributed by atoms with E-state index in [-0.39, 0.29) is 15.7 Å². The van der Waals surface area contributed by atoms with Gasteiger partial charge in [-0.05, 0) is 18.6 Å². The Bertz CT molecular complexity index is 417. The fourth-order valence-electron chi connectivity index (χ4n) is 1.52. The van der Waals surface area contributed by atoms with E-state index in [0.29, 0.717) is 6.42 Å². The Morgan fingerprint density at radius 2 is 2.00 bits per heavy atom. The number of benzene rings is 1. The second-order valence-electron chi connectivity index (χ2n) is 3.92. The van der Waals surface area contributed by atoms with Gasteiger partial charge in [-0.1, -0.05) is 43.0 Å². The second-order valence-corrected chi connectivity index (χ2v) is 4.74. The summed E-state index contributed by atoms with van der Waals surface area (Å²) in [5, 5.41) is 12.0. The predicted molar refractivity (Wildman–Crippen MR) is 71.0 cm³/mol. The van der Waals surface area contributed by atoms with Gasteiger partial charge in [0, 0.05) is 0 Å². The van der Waals surface area contributed by atoms with Crippen LogP contribution in [0.3, 0.4) is 0 Å². The standard InChI is InChI=1S/C12H14Cl2FNO2/c1-2-3-4-10(12(17)18)16-11-8(13)5-7(15)6-9(11)14/h5-6,10,16H,2-4H2,1H3,(H,17,18). The first kappa shape index (κ1) is 15.1. The largest absolute Gasteiger partial charge is 0.480 e. The number of carbonyl (C=O) groups is 1. The molecule has 1 aromatic carbocycles. The minimum absolute atomic E-state index is 0.0720. The zero-order valence-electron chi connectivity index (χ0n) is 9.84. The molecule has 2 N–H and O–H groups in total. The molecule has 1 atom stereocenters. The van der Waals surface area contributed by atoms with Crippen LogP contribution in [0.15, 0.2) is 12.1 Å². The molecule has 0 amide bonds. The van der Waals surface area contributed by atoms with Crippen molar-refractivity contribution in [2.75, 3.05) is 5.32 Å². The van der Waals surface area contributed by atoms with Crippen LogP contribution in [0.25, 0.3) is 0 Å². The van der Waals surface area contributed by atoms with E-state index in [1.807, 2.05) is 6.92 Å². The van der Waals surface area contributed by atoms with Gasteiger partial charge in [0.25, 0.3) is 0 Å². The smallest absolute Gasteiger partial charge is 0.326 e. The average Bonchev–Trinajstić information content (AvgIpc) is 2.26. The topological polar surface area (TPSA) is 49.3 Å². The van der Waals surface area contributed by atoms with Crippen molar-refractivity contribution in [3.05, 3.63) is 28.0 Å². The summed E-state index contributed by atoms with van der Waals surface area (Å²) in [5.41, 5.74) is 0.253. The lowest BCUT2D eigenvalue weighted by molar-refractivity contribution is -0.138. The van der Waals surface area contributed by atoms with Crippen LogP contribution in [0.2, 0.25) is 10.0 Å². The molecule has 18 heavy (non-hydrogen) atoms. The van der Waals surface area contributed by atoms with Gasteiger partial charge in [0.05, 0.1) is 15.7 Å². The summed E-state index contributed by atoms with van der Waals surface area (Å²) in [7, 11) is 0.